The van der Waals surface area contributed by atoms with E-state index in [0.717, 1.165) is 36.5 Å². The molecule has 0 saturated heterocycles. The van der Waals surface area contributed by atoms with Crippen LogP contribution in [0.5, 0.6) is 0 Å². The lowest BCUT2D eigenvalue weighted by Crippen LogP contribution is -2.04. The Morgan fingerprint density at radius 3 is 2.95 bits per heavy atom. The Balaban J connectivity index is 1.87. The van der Waals surface area contributed by atoms with Crippen molar-refractivity contribution in [2.24, 2.45) is 0 Å². The van der Waals surface area contributed by atoms with E-state index in [2.05, 4.69) is 20.5 Å². The van der Waals surface area contributed by atoms with Crippen LogP contribution in [0.2, 0.25) is 0 Å². The largest absolute Gasteiger partial charge is 0.385 e. The number of non-ortho nitro benzene ring substituents is 1. The first-order valence-corrected chi connectivity index (χ1v) is 5.99. The zero-order chi connectivity index (χ0) is 13.7. The van der Waals surface area contributed by atoms with E-state index in [9.17, 15) is 10.1 Å². The molecule has 0 amide bonds. The van der Waals surface area contributed by atoms with Gasteiger partial charge >= 0.3 is 0 Å². The van der Waals surface area contributed by atoms with E-state index >= 15 is 0 Å². The molecule has 0 radical (unpaired) electrons. The fourth-order valence-electron chi connectivity index (χ4n) is 1.81. The molecule has 7 heteroatoms. The number of nitro benzene ring substituents is 1. The molecule has 0 aliphatic carbocycles. The van der Waals surface area contributed by atoms with Crippen LogP contribution in [0.15, 0.2) is 24.5 Å². The minimum Gasteiger partial charge on any atom is -0.385 e. The predicted octanol–water partition coefficient (Wildman–Crippen LogP) is 2.07. The number of aryl methyl sites for hydroxylation is 2. The Labute approximate surface area is 110 Å². The number of rotatable bonds is 6. The molecule has 0 unspecified atom stereocenters. The highest BCUT2D eigenvalue weighted by atomic mass is 16.6. The van der Waals surface area contributed by atoms with Crippen LogP contribution in [0.4, 0.5) is 11.4 Å². The van der Waals surface area contributed by atoms with E-state index in [4.69, 9.17) is 0 Å². The van der Waals surface area contributed by atoms with Gasteiger partial charge in [-0.05, 0) is 25.0 Å². The summed E-state index contributed by atoms with van der Waals surface area (Å²) >= 11 is 0. The first-order chi connectivity index (χ1) is 9.15. The number of H-pyrrole nitrogens is 1. The van der Waals surface area contributed by atoms with E-state index in [1.807, 2.05) is 13.0 Å². The fraction of sp³-hybridized carbons (Fsp3) is 0.333. The van der Waals surface area contributed by atoms with E-state index in [1.165, 1.54) is 6.33 Å². The first-order valence-electron chi connectivity index (χ1n) is 5.99. The standard InChI is InChI=1S/C12H15N5O2/c1-9-5-10(7-11(6-9)17(18)19)13-4-2-3-12-14-8-15-16-12/h5-8,13H,2-4H2,1H3,(H,14,15,16). The van der Waals surface area contributed by atoms with Crippen LogP contribution in [0.25, 0.3) is 0 Å². The summed E-state index contributed by atoms with van der Waals surface area (Å²) < 4.78 is 0. The van der Waals surface area contributed by atoms with Crippen LogP contribution in [0.3, 0.4) is 0 Å². The lowest BCUT2D eigenvalue weighted by molar-refractivity contribution is -0.384. The van der Waals surface area contributed by atoms with Gasteiger partial charge < -0.3 is 5.32 Å². The van der Waals surface area contributed by atoms with Crippen molar-refractivity contribution in [1.82, 2.24) is 15.2 Å². The lowest BCUT2D eigenvalue weighted by atomic mass is 10.2. The normalized spacial score (nSPS) is 10.4. The Bertz CT molecular complexity index is 553. The zero-order valence-corrected chi connectivity index (χ0v) is 10.6. The lowest BCUT2D eigenvalue weighted by Gasteiger charge is -2.06. The van der Waals surface area contributed by atoms with Crippen LogP contribution < -0.4 is 5.32 Å². The van der Waals surface area contributed by atoms with Crippen molar-refractivity contribution in [3.8, 4) is 0 Å². The minimum absolute atomic E-state index is 0.109. The van der Waals surface area contributed by atoms with Gasteiger partial charge in [-0.1, -0.05) is 0 Å². The maximum Gasteiger partial charge on any atom is 0.271 e. The number of nitro groups is 1. The van der Waals surface area contributed by atoms with Gasteiger partial charge in [0.15, 0.2) is 0 Å². The highest BCUT2D eigenvalue weighted by Gasteiger charge is 2.07. The molecule has 19 heavy (non-hydrogen) atoms. The van der Waals surface area contributed by atoms with Gasteiger partial charge in [0.05, 0.1) is 4.92 Å². The summed E-state index contributed by atoms with van der Waals surface area (Å²) in [6.45, 7) is 2.56. The second kappa shape index (κ2) is 5.94. The summed E-state index contributed by atoms with van der Waals surface area (Å²) in [5.74, 6) is 0.844. The van der Waals surface area contributed by atoms with E-state index in [0.29, 0.717) is 0 Å². The highest BCUT2D eigenvalue weighted by Crippen LogP contribution is 2.20. The molecule has 1 aromatic carbocycles. The van der Waals surface area contributed by atoms with Gasteiger partial charge in [-0.2, -0.15) is 5.10 Å². The Kier molecular flexibility index (Phi) is 4.07. The molecule has 2 N–H and O–H groups in total. The monoisotopic (exact) mass is 261 g/mol. The number of aromatic nitrogens is 3. The molecule has 2 aromatic rings. The summed E-state index contributed by atoms with van der Waals surface area (Å²) in [6.07, 6.45) is 3.14. The molecule has 7 nitrogen and oxygen atoms in total. The zero-order valence-electron chi connectivity index (χ0n) is 10.6. The number of benzene rings is 1. The van der Waals surface area contributed by atoms with Gasteiger partial charge in [0.2, 0.25) is 0 Å². The Morgan fingerprint density at radius 2 is 2.26 bits per heavy atom. The maximum absolute atomic E-state index is 10.7. The van der Waals surface area contributed by atoms with Crippen LogP contribution in [0, 0.1) is 17.0 Å². The predicted molar refractivity (Wildman–Crippen MR) is 71.0 cm³/mol. The molecule has 1 aromatic heterocycles. The molecule has 0 fully saturated rings. The van der Waals surface area contributed by atoms with Crippen molar-refractivity contribution in [1.29, 1.82) is 0 Å². The number of aromatic amines is 1. The van der Waals surface area contributed by atoms with Crippen LogP contribution in [-0.4, -0.2) is 26.6 Å². The quantitative estimate of drug-likeness (QED) is 0.471. The van der Waals surface area contributed by atoms with E-state index < -0.39 is 0 Å². The van der Waals surface area contributed by atoms with Gasteiger partial charge in [-0.3, -0.25) is 15.2 Å². The number of hydrogen-bond donors (Lipinski definition) is 2. The minimum atomic E-state index is -0.382. The molecular formula is C12H15N5O2. The van der Waals surface area contributed by atoms with E-state index in [-0.39, 0.29) is 10.6 Å². The van der Waals surface area contributed by atoms with Crippen LogP contribution in [-0.2, 0) is 6.42 Å². The van der Waals surface area contributed by atoms with Gasteiger partial charge in [0.25, 0.3) is 5.69 Å². The second-order valence-corrected chi connectivity index (χ2v) is 4.28. The van der Waals surface area contributed by atoms with Crippen LogP contribution >= 0.6 is 0 Å². The number of nitrogens with one attached hydrogen (secondary N) is 2. The highest BCUT2D eigenvalue weighted by molar-refractivity contribution is 5.53. The third-order valence-electron chi connectivity index (χ3n) is 2.66. The van der Waals surface area contributed by atoms with E-state index in [1.54, 1.807) is 12.1 Å². The van der Waals surface area contributed by atoms with Gasteiger partial charge in [-0.25, -0.2) is 4.98 Å². The molecule has 0 saturated carbocycles. The van der Waals surface area contributed by atoms with Gasteiger partial charge in [0.1, 0.15) is 12.2 Å². The van der Waals surface area contributed by atoms with Crippen molar-refractivity contribution >= 4 is 11.4 Å². The molecule has 100 valence electrons. The van der Waals surface area contributed by atoms with Crippen molar-refractivity contribution in [3.63, 3.8) is 0 Å². The van der Waals surface area contributed by atoms with Crippen molar-refractivity contribution in [2.45, 2.75) is 19.8 Å². The molecule has 2 rings (SSSR count). The third-order valence-corrected chi connectivity index (χ3v) is 2.66. The topological polar surface area (TPSA) is 96.7 Å². The number of hydrogen-bond acceptors (Lipinski definition) is 5. The molecule has 0 atom stereocenters. The van der Waals surface area contributed by atoms with Gasteiger partial charge in [0, 0.05) is 30.8 Å². The molecule has 0 aliphatic heterocycles. The summed E-state index contributed by atoms with van der Waals surface area (Å²) in [5.41, 5.74) is 1.74. The molecule has 0 bridgehead atoms. The fourth-order valence-corrected chi connectivity index (χ4v) is 1.81. The summed E-state index contributed by atoms with van der Waals surface area (Å²) in [5, 5.41) is 20.5. The molecule has 1 heterocycles. The Morgan fingerprint density at radius 1 is 1.42 bits per heavy atom. The Hall–Kier alpha value is -2.44. The smallest absolute Gasteiger partial charge is 0.271 e. The average Bonchev–Trinajstić information content (AvgIpc) is 2.87. The summed E-state index contributed by atoms with van der Waals surface area (Å²) in [7, 11) is 0. The third kappa shape index (κ3) is 3.77. The maximum atomic E-state index is 10.7. The van der Waals surface area contributed by atoms with Crippen molar-refractivity contribution in [2.75, 3.05) is 11.9 Å². The average molecular weight is 261 g/mol. The van der Waals surface area contributed by atoms with Crippen LogP contribution in [0.1, 0.15) is 17.8 Å². The number of nitrogens with zero attached hydrogens (tertiary/aromatic N) is 3. The molecule has 0 spiro atoms. The van der Waals surface area contributed by atoms with Crippen molar-refractivity contribution in [3.05, 3.63) is 46.0 Å². The number of anilines is 1. The first kappa shape index (κ1) is 13.0. The van der Waals surface area contributed by atoms with Gasteiger partial charge in [-0.15, -0.1) is 0 Å². The second-order valence-electron chi connectivity index (χ2n) is 4.28. The SMILES string of the molecule is Cc1cc(NCCCc2ncn[nH]2)cc([N+](=O)[O-])c1. The molecule has 0 aliphatic rings. The summed E-state index contributed by atoms with van der Waals surface area (Å²) in [6, 6.07) is 4.99. The summed E-state index contributed by atoms with van der Waals surface area (Å²) in [4.78, 5) is 14.4. The van der Waals surface area contributed by atoms with Crippen molar-refractivity contribution < 1.29 is 4.92 Å². The molecular weight excluding hydrogens is 246 g/mol.